The topological polar surface area (TPSA) is 30.8 Å². The van der Waals surface area contributed by atoms with Crippen molar-refractivity contribution in [1.29, 1.82) is 0 Å². The van der Waals surface area contributed by atoms with Crippen LogP contribution in [-0.4, -0.2) is 19.1 Å². The third kappa shape index (κ3) is 4.72. The summed E-state index contributed by atoms with van der Waals surface area (Å²) in [6, 6.07) is 23.4. The molecule has 0 aliphatic carbocycles. The minimum atomic E-state index is 0.0361. The van der Waals surface area contributed by atoms with E-state index in [9.17, 15) is 0 Å². The van der Waals surface area contributed by atoms with Crippen LogP contribution in [0.5, 0.6) is 5.75 Å². The number of benzene rings is 3. The summed E-state index contributed by atoms with van der Waals surface area (Å²) in [6.45, 7) is 9.13. The fourth-order valence-corrected chi connectivity index (χ4v) is 3.92. The smallest absolute Gasteiger partial charge is 0.217 e. The molecule has 158 valence electrons. The number of rotatable bonds is 8. The van der Waals surface area contributed by atoms with E-state index < -0.39 is 0 Å². The highest BCUT2D eigenvalue weighted by molar-refractivity contribution is 5.96. The SMILES string of the molecule is C=CCOc1ccc(-c2ccc(C3COC(c4ccccc4C)=N3)cc2)cc1CCC. The molecule has 0 fully saturated rings. The van der Waals surface area contributed by atoms with E-state index in [1.54, 1.807) is 6.08 Å². The minimum absolute atomic E-state index is 0.0361. The van der Waals surface area contributed by atoms with Crippen LogP contribution in [0.4, 0.5) is 0 Å². The summed E-state index contributed by atoms with van der Waals surface area (Å²) in [4.78, 5) is 4.84. The van der Waals surface area contributed by atoms with E-state index in [1.807, 2.05) is 12.1 Å². The maximum atomic E-state index is 5.92. The minimum Gasteiger partial charge on any atom is -0.489 e. The van der Waals surface area contributed by atoms with Gasteiger partial charge in [0.05, 0.1) is 0 Å². The van der Waals surface area contributed by atoms with Gasteiger partial charge in [-0.15, -0.1) is 0 Å². The third-order valence-electron chi connectivity index (χ3n) is 5.59. The molecule has 0 radical (unpaired) electrons. The summed E-state index contributed by atoms with van der Waals surface area (Å²) < 4.78 is 11.7. The Morgan fingerprint density at radius 1 is 1.06 bits per heavy atom. The van der Waals surface area contributed by atoms with Crippen molar-refractivity contribution >= 4 is 5.90 Å². The molecule has 3 aromatic carbocycles. The fourth-order valence-electron chi connectivity index (χ4n) is 3.92. The molecule has 4 rings (SSSR count). The predicted octanol–water partition coefficient (Wildman–Crippen LogP) is 6.70. The molecule has 1 aliphatic heterocycles. The number of aliphatic imine (C=N–C) groups is 1. The average molecular weight is 412 g/mol. The van der Waals surface area contributed by atoms with Crippen molar-refractivity contribution in [3.05, 3.63) is 102 Å². The standard InChI is InChI=1S/C28H29NO2/c1-4-8-24-18-23(15-16-27(24)30-17-5-2)21-11-13-22(14-12-21)26-19-31-28(29-26)25-10-7-6-9-20(25)3/h5-7,9-16,18,26H,2,4,8,17,19H2,1,3H3. The summed E-state index contributed by atoms with van der Waals surface area (Å²) in [5.41, 5.74) is 7.06. The molecule has 1 atom stereocenters. The first-order valence-corrected chi connectivity index (χ1v) is 10.9. The molecular formula is C28H29NO2. The molecular weight excluding hydrogens is 382 g/mol. The quantitative estimate of drug-likeness (QED) is 0.386. The first kappa shape index (κ1) is 20.9. The molecule has 3 heteroatoms. The Labute approximate surface area is 185 Å². The van der Waals surface area contributed by atoms with Gasteiger partial charge in [-0.3, -0.25) is 0 Å². The molecule has 3 nitrogen and oxygen atoms in total. The molecule has 0 aromatic heterocycles. The van der Waals surface area contributed by atoms with Crippen molar-refractivity contribution in [2.75, 3.05) is 13.2 Å². The number of nitrogens with zero attached hydrogens (tertiary/aromatic N) is 1. The highest BCUT2D eigenvalue weighted by Gasteiger charge is 2.22. The molecule has 0 saturated carbocycles. The van der Waals surface area contributed by atoms with Gasteiger partial charge in [0.15, 0.2) is 0 Å². The Bertz CT molecular complexity index is 1080. The van der Waals surface area contributed by atoms with Crippen LogP contribution in [0.15, 0.2) is 84.4 Å². The van der Waals surface area contributed by atoms with Crippen LogP contribution in [-0.2, 0) is 11.2 Å². The van der Waals surface area contributed by atoms with E-state index in [-0.39, 0.29) is 6.04 Å². The normalized spacial score (nSPS) is 15.3. The van der Waals surface area contributed by atoms with E-state index in [1.165, 1.54) is 27.8 Å². The van der Waals surface area contributed by atoms with Crippen molar-refractivity contribution in [3.8, 4) is 16.9 Å². The molecule has 1 aliphatic rings. The molecule has 1 heterocycles. The van der Waals surface area contributed by atoms with Crippen molar-refractivity contribution in [2.24, 2.45) is 4.99 Å². The van der Waals surface area contributed by atoms with Crippen LogP contribution >= 0.6 is 0 Å². The summed E-state index contributed by atoms with van der Waals surface area (Å²) in [5, 5.41) is 0. The lowest BCUT2D eigenvalue weighted by Gasteiger charge is -2.13. The first-order chi connectivity index (χ1) is 15.2. The van der Waals surface area contributed by atoms with E-state index >= 15 is 0 Å². The van der Waals surface area contributed by atoms with Gasteiger partial charge in [-0.05, 0) is 59.4 Å². The second-order valence-electron chi connectivity index (χ2n) is 7.87. The van der Waals surface area contributed by atoms with Gasteiger partial charge < -0.3 is 9.47 Å². The van der Waals surface area contributed by atoms with Gasteiger partial charge in [0.25, 0.3) is 0 Å². The zero-order valence-electron chi connectivity index (χ0n) is 18.3. The van der Waals surface area contributed by atoms with Gasteiger partial charge >= 0.3 is 0 Å². The Balaban J connectivity index is 1.54. The van der Waals surface area contributed by atoms with Gasteiger partial charge in [-0.2, -0.15) is 0 Å². The van der Waals surface area contributed by atoms with E-state index in [2.05, 4.69) is 75.0 Å². The Morgan fingerprint density at radius 2 is 1.84 bits per heavy atom. The van der Waals surface area contributed by atoms with Crippen molar-refractivity contribution in [3.63, 3.8) is 0 Å². The van der Waals surface area contributed by atoms with Gasteiger partial charge in [-0.1, -0.05) is 74.5 Å². The molecule has 1 unspecified atom stereocenters. The molecule has 0 spiro atoms. The largest absolute Gasteiger partial charge is 0.489 e. The highest BCUT2D eigenvalue weighted by atomic mass is 16.5. The zero-order chi connectivity index (χ0) is 21.6. The van der Waals surface area contributed by atoms with Crippen LogP contribution in [0.3, 0.4) is 0 Å². The average Bonchev–Trinajstić information content (AvgIpc) is 3.29. The van der Waals surface area contributed by atoms with Gasteiger partial charge in [0, 0.05) is 5.56 Å². The molecule has 3 aromatic rings. The number of hydrogen-bond donors (Lipinski definition) is 0. The fraction of sp³-hybridized carbons (Fsp3) is 0.250. The second kappa shape index (κ2) is 9.65. The summed E-state index contributed by atoms with van der Waals surface area (Å²) in [5.74, 6) is 1.69. The number of hydrogen-bond acceptors (Lipinski definition) is 3. The molecule has 0 saturated heterocycles. The summed E-state index contributed by atoms with van der Waals surface area (Å²) in [6.07, 6.45) is 3.85. The van der Waals surface area contributed by atoms with Gasteiger partial charge in [0.2, 0.25) is 5.90 Å². The number of ether oxygens (including phenoxy) is 2. The second-order valence-corrected chi connectivity index (χ2v) is 7.87. The lowest BCUT2D eigenvalue weighted by molar-refractivity contribution is 0.319. The van der Waals surface area contributed by atoms with Crippen LogP contribution in [0.25, 0.3) is 11.1 Å². The van der Waals surface area contributed by atoms with Crippen molar-refractivity contribution in [1.82, 2.24) is 0 Å². The lowest BCUT2D eigenvalue weighted by atomic mass is 9.98. The Kier molecular flexibility index (Phi) is 6.51. The zero-order valence-corrected chi connectivity index (χ0v) is 18.3. The van der Waals surface area contributed by atoms with Crippen LogP contribution in [0, 0.1) is 6.92 Å². The molecule has 0 N–H and O–H groups in total. The van der Waals surface area contributed by atoms with E-state index in [0.717, 1.165) is 30.1 Å². The van der Waals surface area contributed by atoms with Gasteiger partial charge in [0.1, 0.15) is 25.0 Å². The van der Waals surface area contributed by atoms with Crippen LogP contribution in [0.2, 0.25) is 0 Å². The van der Waals surface area contributed by atoms with Crippen molar-refractivity contribution in [2.45, 2.75) is 32.7 Å². The Morgan fingerprint density at radius 3 is 2.58 bits per heavy atom. The van der Waals surface area contributed by atoms with Crippen LogP contribution in [0.1, 0.15) is 41.6 Å². The number of aryl methyl sites for hydroxylation is 2. The lowest BCUT2D eigenvalue weighted by Crippen LogP contribution is -2.03. The maximum absolute atomic E-state index is 5.92. The van der Waals surface area contributed by atoms with Gasteiger partial charge in [-0.25, -0.2) is 4.99 Å². The molecule has 0 amide bonds. The first-order valence-electron chi connectivity index (χ1n) is 10.9. The Hall–Kier alpha value is -3.33. The molecule has 0 bridgehead atoms. The maximum Gasteiger partial charge on any atom is 0.217 e. The monoisotopic (exact) mass is 411 g/mol. The highest BCUT2D eigenvalue weighted by Crippen LogP contribution is 2.31. The predicted molar refractivity (Wildman–Crippen MR) is 128 cm³/mol. The summed E-state index contributed by atoms with van der Waals surface area (Å²) >= 11 is 0. The van der Waals surface area contributed by atoms with Crippen LogP contribution < -0.4 is 4.74 Å². The summed E-state index contributed by atoms with van der Waals surface area (Å²) in [7, 11) is 0. The third-order valence-corrected chi connectivity index (χ3v) is 5.59. The van der Waals surface area contributed by atoms with E-state index in [0.29, 0.717) is 13.2 Å². The van der Waals surface area contributed by atoms with E-state index in [4.69, 9.17) is 14.5 Å². The van der Waals surface area contributed by atoms with Crippen molar-refractivity contribution < 1.29 is 9.47 Å². The molecule has 31 heavy (non-hydrogen) atoms.